The van der Waals surface area contributed by atoms with Crippen molar-refractivity contribution >= 4 is 16.0 Å². The van der Waals surface area contributed by atoms with Gasteiger partial charge in [-0.2, -0.15) is 5.10 Å². The van der Waals surface area contributed by atoms with Crippen molar-refractivity contribution in [2.24, 2.45) is 0 Å². The van der Waals surface area contributed by atoms with Crippen molar-refractivity contribution in [3.63, 3.8) is 0 Å². The number of aromatic nitrogens is 2. The predicted octanol–water partition coefficient (Wildman–Crippen LogP) is -0.105. The SMILES string of the molecule is CN(CCCC(=O)O)S(=O)(=O)c1cn[nH]c1. The first-order chi connectivity index (χ1) is 7.44. The summed E-state index contributed by atoms with van der Waals surface area (Å²) in [4.78, 5) is 10.4. The molecule has 0 fully saturated rings. The molecule has 0 unspecified atom stereocenters. The second-order valence-corrected chi connectivity index (χ2v) is 5.30. The van der Waals surface area contributed by atoms with Gasteiger partial charge in [-0.15, -0.1) is 0 Å². The largest absolute Gasteiger partial charge is 0.481 e. The van der Waals surface area contributed by atoms with Crippen molar-refractivity contribution in [1.29, 1.82) is 0 Å². The zero-order chi connectivity index (χ0) is 12.2. The minimum Gasteiger partial charge on any atom is -0.481 e. The van der Waals surface area contributed by atoms with Crippen molar-refractivity contribution in [2.75, 3.05) is 13.6 Å². The smallest absolute Gasteiger partial charge is 0.303 e. The van der Waals surface area contributed by atoms with Crippen LogP contribution in [0.15, 0.2) is 17.3 Å². The first-order valence-electron chi connectivity index (χ1n) is 4.61. The molecule has 8 heteroatoms. The number of nitrogens with zero attached hydrogens (tertiary/aromatic N) is 2. The molecule has 0 bridgehead atoms. The predicted molar refractivity (Wildman–Crippen MR) is 55.3 cm³/mol. The fraction of sp³-hybridized carbons (Fsp3) is 0.500. The normalized spacial score (nSPS) is 11.9. The molecule has 2 N–H and O–H groups in total. The molecule has 7 nitrogen and oxygen atoms in total. The average Bonchev–Trinajstić information content (AvgIpc) is 2.69. The van der Waals surface area contributed by atoms with Gasteiger partial charge in [0.2, 0.25) is 10.0 Å². The van der Waals surface area contributed by atoms with Crippen molar-refractivity contribution in [1.82, 2.24) is 14.5 Å². The fourth-order valence-corrected chi connectivity index (χ4v) is 2.25. The monoisotopic (exact) mass is 247 g/mol. The van der Waals surface area contributed by atoms with E-state index in [1.807, 2.05) is 0 Å². The maximum Gasteiger partial charge on any atom is 0.303 e. The molecule has 90 valence electrons. The Labute approximate surface area is 93.1 Å². The van der Waals surface area contributed by atoms with E-state index in [0.29, 0.717) is 0 Å². The third-order valence-electron chi connectivity index (χ3n) is 2.04. The molecule has 0 aliphatic carbocycles. The van der Waals surface area contributed by atoms with Gasteiger partial charge in [0, 0.05) is 26.2 Å². The van der Waals surface area contributed by atoms with Crippen LogP contribution in [-0.2, 0) is 14.8 Å². The second kappa shape index (κ2) is 5.08. The molecular formula is C8H13N3O4S. The molecule has 0 radical (unpaired) electrons. The van der Waals surface area contributed by atoms with Gasteiger partial charge in [-0.1, -0.05) is 0 Å². The van der Waals surface area contributed by atoms with Crippen LogP contribution in [0.5, 0.6) is 0 Å². The Morgan fingerprint density at radius 3 is 2.81 bits per heavy atom. The number of carboxylic acid groups (broad SMARTS) is 1. The van der Waals surface area contributed by atoms with E-state index in [1.54, 1.807) is 0 Å². The molecule has 0 spiro atoms. The molecular weight excluding hydrogens is 234 g/mol. The van der Waals surface area contributed by atoms with Crippen LogP contribution in [-0.4, -0.2) is 47.6 Å². The van der Waals surface area contributed by atoms with Gasteiger partial charge in [0.15, 0.2) is 0 Å². The van der Waals surface area contributed by atoms with Crippen molar-refractivity contribution in [2.45, 2.75) is 17.7 Å². The number of sulfonamides is 1. The van der Waals surface area contributed by atoms with Gasteiger partial charge in [-0.05, 0) is 6.42 Å². The highest BCUT2D eigenvalue weighted by molar-refractivity contribution is 7.89. The van der Waals surface area contributed by atoms with Crippen LogP contribution in [0.1, 0.15) is 12.8 Å². The van der Waals surface area contributed by atoms with Crippen LogP contribution < -0.4 is 0 Å². The molecule has 1 aromatic rings. The summed E-state index contributed by atoms with van der Waals surface area (Å²) in [6.45, 7) is 0.166. The van der Waals surface area contributed by atoms with Crippen molar-refractivity contribution in [3.05, 3.63) is 12.4 Å². The first-order valence-corrected chi connectivity index (χ1v) is 6.05. The van der Waals surface area contributed by atoms with E-state index in [9.17, 15) is 13.2 Å². The summed E-state index contributed by atoms with van der Waals surface area (Å²) in [7, 11) is -2.14. The molecule has 0 saturated carbocycles. The minimum atomic E-state index is -3.55. The number of hydrogen-bond donors (Lipinski definition) is 2. The van der Waals surface area contributed by atoms with Crippen LogP contribution in [0.4, 0.5) is 0 Å². The van der Waals surface area contributed by atoms with E-state index < -0.39 is 16.0 Å². The maximum absolute atomic E-state index is 11.8. The lowest BCUT2D eigenvalue weighted by molar-refractivity contribution is -0.137. The molecule has 0 amide bonds. The van der Waals surface area contributed by atoms with Crippen molar-refractivity contribution < 1.29 is 18.3 Å². The van der Waals surface area contributed by atoms with Gasteiger partial charge in [0.05, 0.1) is 6.20 Å². The number of carboxylic acids is 1. The second-order valence-electron chi connectivity index (χ2n) is 3.26. The lowest BCUT2D eigenvalue weighted by Gasteiger charge is -2.14. The lowest BCUT2D eigenvalue weighted by Crippen LogP contribution is -2.28. The Hall–Kier alpha value is -1.41. The number of aromatic amines is 1. The van der Waals surface area contributed by atoms with E-state index in [0.717, 1.165) is 4.31 Å². The molecule has 0 aliphatic heterocycles. The third kappa shape index (κ3) is 3.04. The van der Waals surface area contributed by atoms with E-state index in [-0.39, 0.29) is 24.3 Å². The highest BCUT2D eigenvalue weighted by Crippen LogP contribution is 2.12. The topological polar surface area (TPSA) is 103 Å². The van der Waals surface area contributed by atoms with Crippen LogP contribution in [0.25, 0.3) is 0 Å². The van der Waals surface area contributed by atoms with Gasteiger partial charge < -0.3 is 5.11 Å². The molecule has 0 aliphatic rings. The average molecular weight is 247 g/mol. The molecule has 0 saturated heterocycles. The van der Waals surface area contributed by atoms with E-state index >= 15 is 0 Å². The molecule has 1 aromatic heterocycles. The van der Waals surface area contributed by atoms with E-state index in [1.165, 1.54) is 19.4 Å². The summed E-state index contributed by atoms with van der Waals surface area (Å²) in [6.07, 6.45) is 2.72. The Kier molecular flexibility index (Phi) is 4.02. The van der Waals surface area contributed by atoms with Gasteiger partial charge in [-0.25, -0.2) is 12.7 Å². The summed E-state index contributed by atoms with van der Waals surface area (Å²) >= 11 is 0. The van der Waals surface area contributed by atoms with Crippen LogP contribution >= 0.6 is 0 Å². The Balaban J connectivity index is 2.60. The minimum absolute atomic E-state index is 0.0504. The number of aliphatic carboxylic acids is 1. The lowest BCUT2D eigenvalue weighted by atomic mass is 10.3. The van der Waals surface area contributed by atoms with Crippen molar-refractivity contribution in [3.8, 4) is 0 Å². The molecule has 1 rings (SSSR count). The van der Waals surface area contributed by atoms with E-state index in [2.05, 4.69) is 10.2 Å². The van der Waals surface area contributed by atoms with Gasteiger partial charge >= 0.3 is 5.97 Å². The number of rotatable bonds is 6. The summed E-state index contributed by atoms with van der Waals surface area (Å²) in [5, 5.41) is 14.4. The van der Waals surface area contributed by atoms with Gasteiger partial charge in [0.25, 0.3) is 0 Å². The Morgan fingerprint density at radius 2 is 2.31 bits per heavy atom. The summed E-state index contributed by atoms with van der Waals surface area (Å²) in [6, 6.07) is 0. The molecule has 0 aromatic carbocycles. The summed E-state index contributed by atoms with van der Waals surface area (Å²) in [5.41, 5.74) is 0. The maximum atomic E-state index is 11.8. The third-order valence-corrected chi connectivity index (χ3v) is 3.87. The molecule has 16 heavy (non-hydrogen) atoms. The van der Waals surface area contributed by atoms with Crippen LogP contribution in [0, 0.1) is 0 Å². The van der Waals surface area contributed by atoms with Gasteiger partial charge in [-0.3, -0.25) is 9.89 Å². The standard InChI is InChI=1S/C8H13N3O4S/c1-11(4-2-3-8(12)13)16(14,15)7-5-9-10-6-7/h5-6H,2-4H2,1H3,(H,9,10)(H,12,13). The first kappa shape index (κ1) is 12.7. The fourth-order valence-electron chi connectivity index (χ4n) is 1.13. The highest BCUT2D eigenvalue weighted by Gasteiger charge is 2.21. The number of H-pyrrole nitrogens is 1. The van der Waals surface area contributed by atoms with Crippen LogP contribution in [0.2, 0.25) is 0 Å². The quantitative estimate of drug-likeness (QED) is 0.730. The number of carbonyl (C=O) groups is 1. The zero-order valence-corrected chi connectivity index (χ0v) is 9.57. The molecule has 0 atom stereocenters. The van der Waals surface area contributed by atoms with Crippen LogP contribution in [0.3, 0.4) is 0 Å². The summed E-state index contributed by atoms with van der Waals surface area (Å²) < 4.78 is 24.7. The summed E-state index contributed by atoms with van der Waals surface area (Å²) in [5.74, 6) is -0.936. The zero-order valence-electron chi connectivity index (χ0n) is 8.75. The number of hydrogen-bond acceptors (Lipinski definition) is 4. The Bertz CT molecular complexity index is 440. The van der Waals surface area contributed by atoms with E-state index in [4.69, 9.17) is 5.11 Å². The highest BCUT2D eigenvalue weighted by atomic mass is 32.2. The Morgan fingerprint density at radius 1 is 1.62 bits per heavy atom. The van der Waals surface area contributed by atoms with Gasteiger partial charge in [0.1, 0.15) is 4.90 Å². The number of nitrogens with one attached hydrogen (secondary N) is 1. The molecule has 1 heterocycles.